The van der Waals surface area contributed by atoms with Gasteiger partial charge in [0.15, 0.2) is 12.6 Å². The summed E-state index contributed by atoms with van der Waals surface area (Å²) >= 11 is 0. The van der Waals surface area contributed by atoms with Crippen molar-refractivity contribution in [3.05, 3.63) is 83.9 Å². The predicted molar refractivity (Wildman–Crippen MR) is 118 cm³/mol. The van der Waals surface area contributed by atoms with Gasteiger partial charge in [0.25, 0.3) is 0 Å². The Morgan fingerprint density at radius 2 is 1.47 bits per heavy atom. The quantitative estimate of drug-likeness (QED) is 0.393. The molecule has 148 valence electrons. The standard InChI is InChI=1S/C25H19NO4/c1-2-30-25(29)26(23-13-7-9-17-8-3-4-11-21(17)23)24-19(16-28)14-18(15-27)20-10-5-6-12-22(20)24/h3-16H,2H2,1H3. The fraction of sp³-hybridized carbons (Fsp3) is 0.0800. The van der Waals surface area contributed by atoms with E-state index in [1.807, 2.05) is 48.5 Å². The molecular weight excluding hydrogens is 378 g/mol. The van der Waals surface area contributed by atoms with Crippen molar-refractivity contribution in [2.45, 2.75) is 6.92 Å². The van der Waals surface area contributed by atoms with Gasteiger partial charge in [-0.25, -0.2) is 9.69 Å². The molecule has 0 aliphatic rings. The Kier molecular flexibility index (Phi) is 5.26. The summed E-state index contributed by atoms with van der Waals surface area (Å²) in [5.74, 6) is 0. The maximum Gasteiger partial charge on any atom is 0.418 e. The second-order valence-electron chi connectivity index (χ2n) is 6.72. The van der Waals surface area contributed by atoms with Crippen LogP contribution in [0.2, 0.25) is 0 Å². The van der Waals surface area contributed by atoms with Gasteiger partial charge in [-0.15, -0.1) is 0 Å². The van der Waals surface area contributed by atoms with Gasteiger partial charge in [0.05, 0.1) is 18.0 Å². The number of carbonyl (C=O) groups excluding carboxylic acids is 3. The van der Waals surface area contributed by atoms with E-state index in [0.29, 0.717) is 40.3 Å². The smallest absolute Gasteiger partial charge is 0.418 e. The van der Waals surface area contributed by atoms with E-state index in [1.165, 1.54) is 11.0 Å². The van der Waals surface area contributed by atoms with Crippen molar-refractivity contribution in [1.29, 1.82) is 0 Å². The van der Waals surface area contributed by atoms with E-state index in [2.05, 4.69) is 0 Å². The molecule has 4 rings (SSSR count). The third-order valence-electron chi connectivity index (χ3n) is 5.01. The van der Waals surface area contributed by atoms with Crippen LogP contribution >= 0.6 is 0 Å². The molecule has 0 saturated carbocycles. The zero-order valence-corrected chi connectivity index (χ0v) is 16.4. The summed E-state index contributed by atoms with van der Waals surface area (Å²) in [4.78, 5) is 38.2. The van der Waals surface area contributed by atoms with Crippen molar-refractivity contribution in [3.63, 3.8) is 0 Å². The van der Waals surface area contributed by atoms with Crippen LogP contribution in [0.15, 0.2) is 72.8 Å². The number of rotatable bonds is 5. The molecule has 0 heterocycles. The number of benzene rings is 4. The van der Waals surface area contributed by atoms with Crippen molar-refractivity contribution in [1.82, 2.24) is 0 Å². The van der Waals surface area contributed by atoms with Gasteiger partial charge in [0, 0.05) is 21.9 Å². The number of ether oxygens (including phenoxy) is 1. The molecule has 1 amide bonds. The number of amides is 1. The lowest BCUT2D eigenvalue weighted by atomic mass is 9.97. The number of aldehydes is 2. The zero-order chi connectivity index (χ0) is 21.1. The average Bonchev–Trinajstić information content (AvgIpc) is 2.79. The SMILES string of the molecule is CCOC(=O)N(c1cccc2ccccc12)c1c(C=O)cc(C=O)c2ccccc12. The Labute approximate surface area is 173 Å². The highest BCUT2D eigenvalue weighted by Gasteiger charge is 2.26. The Morgan fingerprint density at radius 1 is 0.833 bits per heavy atom. The summed E-state index contributed by atoms with van der Waals surface area (Å²) in [7, 11) is 0. The van der Waals surface area contributed by atoms with Crippen molar-refractivity contribution >= 4 is 51.6 Å². The van der Waals surface area contributed by atoms with E-state index in [0.717, 1.165) is 10.8 Å². The van der Waals surface area contributed by atoms with Crippen molar-refractivity contribution < 1.29 is 19.1 Å². The Balaban J connectivity index is 2.11. The van der Waals surface area contributed by atoms with Gasteiger partial charge in [0.2, 0.25) is 0 Å². The topological polar surface area (TPSA) is 63.7 Å². The predicted octanol–water partition coefficient (Wildman–Crippen LogP) is 5.91. The summed E-state index contributed by atoms with van der Waals surface area (Å²) in [6, 6.07) is 22.0. The maximum atomic E-state index is 13.2. The van der Waals surface area contributed by atoms with Gasteiger partial charge < -0.3 is 4.74 Å². The number of fused-ring (bicyclic) bond motifs is 2. The lowest BCUT2D eigenvalue weighted by molar-refractivity contribution is 0.112. The normalized spacial score (nSPS) is 10.7. The van der Waals surface area contributed by atoms with Crippen LogP contribution in [0.1, 0.15) is 27.6 Å². The molecule has 0 radical (unpaired) electrons. The molecule has 0 aliphatic carbocycles. The van der Waals surface area contributed by atoms with Crippen LogP contribution in [0, 0.1) is 0 Å². The third-order valence-corrected chi connectivity index (χ3v) is 5.01. The van der Waals surface area contributed by atoms with E-state index >= 15 is 0 Å². The van der Waals surface area contributed by atoms with Crippen molar-refractivity contribution in [2.75, 3.05) is 11.5 Å². The fourth-order valence-corrected chi connectivity index (χ4v) is 3.75. The highest BCUT2D eigenvalue weighted by atomic mass is 16.6. The summed E-state index contributed by atoms with van der Waals surface area (Å²) in [5, 5.41) is 3.06. The molecule has 5 heteroatoms. The second-order valence-corrected chi connectivity index (χ2v) is 6.72. The van der Waals surface area contributed by atoms with E-state index < -0.39 is 6.09 Å². The Morgan fingerprint density at radius 3 is 2.17 bits per heavy atom. The minimum Gasteiger partial charge on any atom is -0.449 e. The third kappa shape index (κ3) is 3.20. The maximum absolute atomic E-state index is 13.2. The average molecular weight is 397 g/mol. The molecule has 0 fully saturated rings. The van der Waals surface area contributed by atoms with Gasteiger partial charge in [0.1, 0.15) is 0 Å². The number of anilines is 2. The zero-order valence-electron chi connectivity index (χ0n) is 16.4. The van der Waals surface area contributed by atoms with Gasteiger partial charge in [-0.3, -0.25) is 9.59 Å². The minimum atomic E-state index is -0.596. The van der Waals surface area contributed by atoms with Crippen LogP contribution in [0.25, 0.3) is 21.5 Å². The van der Waals surface area contributed by atoms with Gasteiger partial charge in [-0.2, -0.15) is 0 Å². The van der Waals surface area contributed by atoms with Gasteiger partial charge >= 0.3 is 6.09 Å². The summed E-state index contributed by atoms with van der Waals surface area (Å²) in [6.45, 7) is 1.91. The van der Waals surface area contributed by atoms with E-state index in [4.69, 9.17) is 4.74 Å². The molecule has 0 aromatic heterocycles. The monoisotopic (exact) mass is 397 g/mol. The highest BCUT2D eigenvalue weighted by Crippen LogP contribution is 2.39. The fourth-order valence-electron chi connectivity index (χ4n) is 3.75. The van der Waals surface area contributed by atoms with Crippen molar-refractivity contribution in [3.8, 4) is 0 Å². The summed E-state index contributed by atoms with van der Waals surface area (Å²) < 4.78 is 5.37. The molecular formula is C25H19NO4. The van der Waals surface area contributed by atoms with Crippen LogP contribution in [0.4, 0.5) is 16.2 Å². The first kappa shape index (κ1) is 19.3. The first-order valence-electron chi connectivity index (χ1n) is 9.60. The van der Waals surface area contributed by atoms with Crippen molar-refractivity contribution in [2.24, 2.45) is 0 Å². The van der Waals surface area contributed by atoms with Crippen LogP contribution in [-0.4, -0.2) is 25.3 Å². The van der Waals surface area contributed by atoms with Crippen LogP contribution in [0.5, 0.6) is 0 Å². The van der Waals surface area contributed by atoms with Gasteiger partial charge in [-0.1, -0.05) is 60.7 Å². The lowest BCUT2D eigenvalue weighted by Crippen LogP contribution is -2.28. The van der Waals surface area contributed by atoms with E-state index in [1.54, 1.807) is 25.1 Å². The first-order valence-corrected chi connectivity index (χ1v) is 9.60. The summed E-state index contributed by atoms with van der Waals surface area (Å²) in [5.41, 5.74) is 1.61. The highest BCUT2D eigenvalue weighted by molar-refractivity contribution is 6.17. The number of carbonyl (C=O) groups is 3. The molecule has 0 spiro atoms. The molecule has 0 unspecified atom stereocenters. The molecule has 0 saturated heterocycles. The number of hydrogen-bond acceptors (Lipinski definition) is 4. The molecule has 0 bridgehead atoms. The largest absolute Gasteiger partial charge is 0.449 e. The molecule has 5 nitrogen and oxygen atoms in total. The molecule has 4 aromatic carbocycles. The number of nitrogens with zero attached hydrogens (tertiary/aromatic N) is 1. The van der Waals surface area contributed by atoms with E-state index in [-0.39, 0.29) is 12.2 Å². The first-order chi connectivity index (χ1) is 14.7. The summed E-state index contributed by atoms with van der Waals surface area (Å²) in [6.07, 6.45) is 0.777. The van der Waals surface area contributed by atoms with Gasteiger partial charge in [-0.05, 0) is 29.8 Å². The Hall–Kier alpha value is -3.99. The Bertz CT molecular complexity index is 1270. The van der Waals surface area contributed by atoms with Crippen LogP contribution in [0.3, 0.4) is 0 Å². The molecule has 0 N–H and O–H groups in total. The lowest BCUT2D eigenvalue weighted by Gasteiger charge is -2.26. The van der Waals surface area contributed by atoms with Crippen LogP contribution < -0.4 is 4.90 Å². The molecule has 0 aliphatic heterocycles. The second kappa shape index (κ2) is 8.17. The van der Waals surface area contributed by atoms with E-state index in [9.17, 15) is 14.4 Å². The molecule has 0 atom stereocenters. The van der Waals surface area contributed by atoms with Crippen LogP contribution in [-0.2, 0) is 4.74 Å². The minimum absolute atomic E-state index is 0.181. The number of hydrogen-bond donors (Lipinski definition) is 0. The molecule has 30 heavy (non-hydrogen) atoms. The molecule has 4 aromatic rings.